The normalized spacial score (nSPS) is 12.4. The molecule has 1 N–H and O–H groups in total. The van der Waals surface area contributed by atoms with Gasteiger partial charge in [0.05, 0.1) is 6.54 Å². The molecule has 16 heavy (non-hydrogen) atoms. The number of hydrogen-bond acceptors (Lipinski definition) is 3. The Hall–Kier alpha value is -0.420. The smallest absolute Gasteiger partial charge is 0.141 e. The summed E-state index contributed by atoms with van der Waals surface area (Å²) in [6.45, 7) is 9.39. The van der Waals surface area contributed by atoms with Gasteiger partial charge in [-0.25, -0.2) is 9.67 Å². The van der Waals surface area contributed by atoms with Crippen LogP contribution in [0.2, 0.25) is 0 Å². The van der Waals surface area contributed by atoms with Crippen LogP contribution in [-0.2, 0) is 6.54 Å². The highest BCUT2D eigenvalue weighted by atomic mass is 79.9. The Balaban J connectivity index is 2.57. The first-order valence-corrected chi connectivity index (χ1v) is 6.78. The zero-order chi connectivity index (χ0) is 12.2. The van der Waals surface area contributed by atoms with E-state index in [2.05, 4.69) is 59.0 Å². The molecule has 1 rings (SSSR count). The van der Waals surface area contributed by atoms with Crippen molar-refractivity contribution >= 4 is 15.9 Å². The van der Waals surface area contributed by atoms with Crippen LogP contribution in [0, 0.1) is 0 Å². The van der Waals surface area contributed by atoms with Crippen LogP contribution in [0.1, 0.15) is 46.0 Å². The molecule has 0 bridgehead atoms. The molecular formula is C11H21BrN4. The second-order valence-electron chi connectivity index (χ2n) is 4.89. The molecule has 0 aliphatic rings. The van der Waals surface area contributed by atoms with Gasteiger partial charge in [-0.1, -0.05) is 15.9 Å². The molecule has 0 aliphatic heterocycles. The Morgan fingerprint density at radius 2 is 2.19 bits per heavy atom. The van der Waals surface area contributed by atoms with Gasteiger partial charge in [0.25, 0.3) is 0 Å². The molecule has 0 saturated carbocycles. The van der Waals surface area contributed by atoms with Gasteiger partial charge in [0.1, 0.15) is 12.2 Å². The number of rotatable bonds is 6. The number of nitrogens with zero attached hydrogens (tertiary/aromatic N) is 3. The first kappa shape index (κ1) is 13.6. The molecule has 0 aliphatic carbocycles. The molecule has 0 aromatic carbocycles. The zero-order valence-corrected chi connectivity index (χ0v) is 12.1. The number of hydrogen-bond donors (Lipinski definition) is 1. The minimum absolute atomic E-state index is 0.122. The molecule has 0 spiro atoms. The maximum absolute atomic E-state index is 4.28. The number of halogens is 1. The molecular weight excluding hydrogens is 268 g/mol. The first-order chi connectivity index (χ1) is 7.46. The van der Waals surface area contributed by atoms with E-state index in [-0.39, 0.29) is 5.54 Å². The van der Waals surface area contributed by atoms with Crippen LogP contribution in [0.3, 0.4) is 0 Å². The van der Waals surface area contributed by atoms with Crippen molar-refractivity contribution in [1.29, 1.82) is 0 Å². The fourth-order valence-corrected chi connectivity index (χ4v) is 2.47. The number of alkyl halides is 1. The largest absolute Gasteiger partial charge is 0.305 e. The van der Waals surface area contributed by atoms with Gasteiger partial charge in [0, 0.05) is 16.9 Å². The lowest BCUT2D eigenvalue weighted by Crippen LogP contribution is -2.39. The number of aromatic nitrogens is 3. The van der Waals surface area contributed by atoms with E-state index in [1.165, 1.54) is 0 Å². The third-order valence-electron chi connectivity index (χ3n) is 2.58. The van der Waals surface area contributed by atoms with E-state index in [0.717, 1.165) is 24.1 Å². The molecule has 0 amide bonds. The third-order valence-corrected chi connectivity index (χ3v) is 2.98. The maximum Gasteiger partial charge on any atom is 0.141 e. The summed E-state index contributed by atoms with van der Waals surface area (Å²) in [6.07, 6.45) is 2.71. The minimum atomic E-state index is 0.122. The van der Waals surface area contributed by atoms with Gasteiger partial charge in [-0.15, -0.1) is 0 Å². The van der Waals surface area contributed by atoms with E-state index in [9.17, 15) is 0 Å². The monoisotopic (exact) mass is 288 g/mol. The highest BCUT2D eigenvalue weighted by Crippen LogP contribution is 2.12. The lowest BCUT2D eigenvalue weighted by atomic mass is 10.0. The second-order valence-corrected chi connectivity index (χ2v) is 5.68. The Labute approximate surface area is 106 Å². The van der Waals surface area contributed by atoms with E-state index in [1.807, 2.05) is 4.68 Å². The van der Waals surface area contributed by atoms with Gasteiger partial charge in [-0.05, 0) is 34.1 Å². The third kappa shape index (κ3) is 3.87. The van der Waals surface area contributed by atoms with Crippen molar-refractivity contribution < 1.29 is 0 Å². The molecule has 1 aromatic rings. The SMILES string of the molecule is CC(C)n1ncnc1CNC(C)(C)CCBr. The maximum atomic E-state index is 4.28. The van der Waals surface area contributed by atoms with Crippen molar-refractivity contribution in [2.45, 2.75) is 52.2 Å². The minimum Gasteiger partial charge on any atom is -0.305 e. The summed E-state index contributed by atoms with van der Waals surface area (Å²) in [7, 11) is 0. The van der Waals surface area contributed by atoms with Crippen LogP contribution in [0.15, 0.2) is 6.33 Å². The van der Waals surface area contributed by atoms with Crippen molar-refractivity contribution in [2.75, 3.05) is 5.33 Å². The molecule has 5 heteroatoms. The van der Waals surface area contributed by atoms with Crippen LogP contribution >= 0.6 is 15.9 Å². The topological polar surface area (TPSA) is 42.7 Å². The van der Waals surface area contributed by atoms with Crippen molar-refractivity contribution in [3.8, 4) is 0 Å². The van der Waals surface area contributed by atoms with E-state index >= 15 is 0 Å². The summed E-state index contributed by atoms with van der Waals surface area (Å²) >= 11 is 3.47. The summed E-state index contributed by atoms with van der Waals surface area (Å²) in [5.41, 5.74) is 0.122. The Bertz CT molecular complexity index is 320. The van der Waals surface area contributed by atoms with Gasteiger partial charge in [-0.3, -0.25) is 0 Å². The van der Waals surface area contributed by atoms with Crippen LogP contribution < -0.4 is 5.32 Å². The fourth-order valence-electron chi connectivity index (χ4n) is 1.47. The van der Waals surface area contributed by atoms with Crippen LogP contribution in [0.5, 0.6) is 0 Å². The summed E-state index contributed by atoms with van der Waals surface area (Å²) in [5.74, 6) is 0.998. The molecule has 1 heterocycles. The van der Waals surface area contributed by atoms with Crippen LogP contribution in [0.25, 0.3) is 0 Å². The molecule has 4 nitrogen and oxygen atoms in total. The lowest BCUT2D eigenvalue weighted by Gasteiger charge is -2.25. The van der Waals surface area contributed by atoms with Crippen LogP contribution in [0.4, 0.5) is 0 Å². The van der Waals surface area contributed by atoms with Crippen molar-refractivity contribution in [3.63, 3.8) is 0 Å². The summed E-state index contributed by atoms with van der Waals surface area (Å²) in [6, 6.07) is 0.360. The molecule has 0 saturated heterocycles. The second kappa shape index (κ2) is 5.77. The zero-order valence-electron chi connectivity index (χ0n) is 10.5. The quantitative estimate of drug-likeness (QED) is 0.818. The van der Waals surface area contributed by atoms with Gasteiger partial charge < -0.3 is 5.32 Å². The highest BCUT2D eigenvalue weighted by molar-refractivity contribution is 9.09. The average Bonchev–Trinajstić information content (AvgIpc) is 2.62. The van der Waals surface area contributed by atoms with E-state index < -0.39 is 0 Å². The standard InChI is InChI=1S/C11H21BrN4/c1-9(2)16-10(13-8-15-16)7-14-11(3,4)5-6-12/h8-9,14H,5-7H2,1-4H3. The molecule has 1 aromatic heterocycles. The summed E-state index contributed by atoms with van der Waals surface area (Å²) < 4.78 is 1.96. The Kier molecular flexibility index (Phi) is 4.92. The predicted octanol–water partition coefficient (Wildman–Crippen LogP) is 2.51. The lowest BCUT2D eigenvalue weighted by molar-refractivity contribution is 0.363. The molecule has 0 unspecified atom stereocenters. The van der Waals surface area contributed by atoms with Gasteiger partial charge in [-0.2, -0.15) is 5.10 Å². The van der Waals surface area contributed by atoms with E-state index in [0.29, 0.717) is 6.04 Å². The van der Waals surface area contributed by atoms with Crippen molar-refractivity contribution in [1.82, 2.24) is 20.1 Å². The van der Waals surface area contributed by atoms with Gasteiger partial charge in [0.15, 0.2) is 0 Å². The molecule has 0 atom stereocenters. The van der Waals surface area contributed by atoms with E-state index in [1.54, 1.807) is 6.33 Å². The van der Waals surface area contributed by atoms with Crippen LogP contribution in [-0.4, -0.2) is 25.6 Å². The summed E-state index contributed by atoms with van der Waals surface area (Å²) in [4.78, 5) is 4.28. The Morgan fingerprint density at radius 1 is 1.50 bits per heavy atom. The molecule has 92 valence electrons. The average molecular weight is 289 g/mol. The predicted molar refractivity (Wildman–Crippen MR) is 69.7 cm³/mol. The summed E-state index contributed by atoms with van der Waals surface area (Å²) in [5, 5.41) is 8.73. The van der Waals surface area contributed by atoms with Crippen molar-refractivity contribution in [2.24, 2.45) is 0 Å². The van der Waals surface area contributed by atoms with E-state index in [4.69, 9.17) is 0 Å². The Morgan fingerprint density at radius 3 is 2.75 bits per heavy atom. The number of nitrogens with one attached hydrogen (secondary N) is 1. The highest BCUT2D eigenvalue weighted by Gasteiger charge is 2.17. The van der Waals surface area contributed by atoms with Gasteiger partial charge >= 0.3 is 0 Å². The van der Waals surface area contributed by atoms with Crippen molar-refractivity contribution in [3.05, 3.63) is 12.2 Å². The molecule has 0 fully saturated rings. The van der Waals surface area contributed by atoms with Gasteiger partial charge in [0.2, 0.25) is 0 Å². The first-order valence-electron chi connectivity index (χ1n) is 5.65. The fraction of sp³-hybridized carbons (Fsp3) is 0.818. The molecule has 0 radical (unpaired) electrons.